The second-order valence-electron chi connectivity index (χ2n) is 4.96. The minimum absolute atomic E-state index is 0.0894. The molecule has 18 heavy (non-hydrogen) atoms. The first-order chi connectivity index (χ1) is 8.72. The second kappa shape index (κ2) is 6.16. The lowest BCUT2D eigenvalue weighted by molar-refractivity contribution is 0.257. The van der Waals surface area contributed by atoms with Crippen LogP contribution >= 0.6 is 0 Å². The Morgan fingerprint density at radius 1 is 1.22 bits per heavy atom. The number of pyridine rings is 1. The van der Waals surface area contributed by atoms with E-state index in [0.29, 0.717) is 0 Å². The standard InChI is InChI=1S/C14H23N3O/c1-3-4-16-5-7-17(8-6-16)14-10-13(11-18)9-12(2)15-14/h9-10,18H,3-8,11H2,1-2H3. The lowest BCUT2D eigenvalue weighted by Crippen LogP contribution is -2.46. The van der Waals surface area contributed by atoms with Crippen molar-refractivity contribution in [3.8, 4) is 0 Å². The van der Waals surface area contributed by atoms with Crippen LogP contribution in [0.5, 0.6) is 0 Å². The third kappa shape index (κ3) is 3.21. The summed E-state index contributed by atoms with van der Waals surface area (Å²) in [6.45, 7) is 9.76. The molecule has 2 heterocycles. The maximum Gasteiger partial charge on any atom is 0.129 e. The quantitative estimate of drug-likeness (QED) is 0.876. The third-order valence-electron chi connectivity index (χ3n) is 3.42. The molecule has 0 unspecified atom stereocenters. The van der Waals surface area contributed by atoms with Gasteiger partial charge >= 0.3 is 0 Å². The van der Waals surface area contributed by atoms with E-state index in [9.17, 15) is 5.11 Å². The lowest BCUT2D eigenvalue weighted by Gasteiger charge is -2.35. The van der Waals surface area contributed by atoms with Crippen molar-refractivity contribution in [2.24, 2.45) is 0 Å². The average Bonchev–Trinajstić information content (AvgIpc) is 2.39. The lowest BCUT2D eigenvalue weighted by atomic mass is 10.2. The SMILES string of the molecule is CCCN1CCN(c2cc(CO)cc(C)n2)CC1. The summed E-state index contributed by atoms with van der Waals surface area (Å²) in [4.78, 5) is 9.39. The number of hydrogen-bond donors (Lipinski definition) is 1. The van der Waals surface area contributed by atoms with Gasteiger partial charge in [-0.1, -0.05) is 6.92 Å². The van der Waals surface area contributed by atoms with Gasteiger partial charge in [-0.3, -0.25) is 4.90 Å². The highest BCUT2D eigenvalue weighted by atomic mass is 16.3. The first-order valence-corrected chi connectivity index (χ1v) is 6.78. The number of hydrogen-bond acceptors (Lipinski definition) is 4. The molecule has 4 nitrogen and oxygen atoms in total. The largest absolute Gasteiger partial charge is 0.392 e. The topological polar surface area (TPSA) is 39.6 Å². The summed E-state index contributed by atoms with van der Waals surface area (Å²) >= 11 is 0. The molecule has 1 aromatic heterocycles. The van der Waals surface area contributed by atoms with Crippen LogP contribution in [0.1, 0.15) is 24.6 Å². The maximum atomic E-state index is 9.24. The molecule has 0 amide bonds. The predicted molar refractivity (Wildman–Crippen MR) is 73.8 cm³/mol. The van der Waals surface area contributed by atoms with E-state index in [1.165, 1.54) is 13.0 Å². The van der Waals surface area contributed by atoms with E-state index in [2.05, 4.69) is 21.7 Å². The van der Waals surface area contributed by atoms with Crippen LogP contribution in [0.4, 0.5) is 5.82 Å². The fraction of sp³-hybridized carbons (Fsp3) is 0.643. The molecule has 2 rings (SSSR count). The Morgan fingerprint density at radius 2 is 1.94 bits per heavy atom. The highest BCUT2D eigenvalue weighted by Gasteiger charge is 2.17. The number of aliphatic hydroxyl groups is 1. The molecule has 0 aromatic carbocycles. The number of nitrogens with zero attached hydrogens (tertiary/aromatic N) is 3. The smallest absolute Gasteiger partial charge is 0.129 e. The van der Waals surface area contributed by atoms with Crippen LogP contribution < -0.4 is 4.90 Å². The van der Waals surface area contributed by atoms with Gasteiger partial charge in [0.2, 0.25) is 0 Å². The van der Waals surface area contributed by atoms with Crippen molar-refractivity contribution in [2.75, 3.05) is 37.6 Å². The molecule has 1 aliphatic rings. The molecule has 0 spiro atoms. The van der Waals surface area contributed by atoms with Gasteiger partial charge in [-0.25, -0.2) is 4.98 Å². The molecule has 100 valence electrons. The number of rotatable bonds is 4. The summed E-state index contributed by atoms with van der Waals surface area (Å²) in [6.07, 6.45) is 1.22. The Balaban J connectivity index is 2.02. The van der Waals surface area contributed by atoms with Crippen molar-refractivity contribution in [2.45, 2.75) is 26.9 Å². The summed E-state index contributed by atoms with van der Waals surface area (Å²) in [5.41, 5.74) is 1.93. The van der Waals surface area contributed by atoms with Crippen LogP contribution in [0, 0.1) is 6.92 Å². The number of aromatic nitrogens is 1. The zero-order chi connectivity index (χ0) is 13.0. The summed E-state index contributed by atoms with van der Waals surface area (Å²) in [6, 6.07) is 3.94. The van der Waals surface area contributed by atoms with E-state index in [4.69, 9.17) is 0 Å². The number of piperazine rings is 1. The highest BCUT2D eigenvalue weighted by molar-refractivity contribution is 5.43. The molecule has 1 saturated heterocycles. The number of aryl methyl sites for hydroxylation is 1. The van der Waals surface area contributed by atoms with Crippen LogP contribution in [0.15, 0.2) is 12.1 Å². The fourth-order valence-electron chi connectivity index (χ4n) is 2.49. The predicted octanol–water partition coefficient (Wildman–Crippen LogP) is 1.41. The van der Waals surface area contributed by atoms with Gasteiger partial charge in [0, 0.05) is 31.9 Å². The van der Waals surface area contributed by atoms with E-state index in [1.54, 1.807) is 0 Å². The molecule has 1 aliphatic heterocycles. The molecule has 0 aliphatic carbocycles. The van der Waals surface area contributed by atoms with Crippen LogP contribution in [0.2, 0.25) is 0 Å². The summed E-state index contributed by atoms with van der Waals surface area (Å²) in [7, 11) is 0. The minimum atomic E-state index is 0.0894. The Bertz CT molecular complexity index is 387. The molecular weight excluding hydrogens is 226 g/mol. The van der Waals surface area contributed by atoms with Gasteiger partial charge in [-0.05, 0) is 37.6 Å². The van der Waals surface area contributed by atoms with E-state index in [1.807, 2.05) is 19.1 Å². The van der Waals surface area contributed by atoms with Gasteiger partial charge in [0.05, 0.1) is 6.61 Å². The highest BCUT2D eigenvalue weighted by Crippen LogP contribution is 2.17. The molecule has 0 atom stereocenters. The van der Waals surface area contributed by atoms with Gasteiger partial charge in [0.25, 0.3) is 0 Å². The number of anilines is 1. The van der Waals surface area contributed by atoms with Crippen molar-refractivity contribution in [1.29, 1.82) is 0 Å². The van der Waals surface area contributed by atoms with Crippen LogP contribution in [0.3, 0.4) is 0 Å². The van der Waals surface area contributed by atoms with Gasteiger partial charge in [-0.2, -0.15) is 0 Å². The third-order valence-corrected chi connectivity index (χ3v) is 3.42. The Hall–Kier alpha value is -1.13. The molecule has 4 heteroatoms. The minimum Gasteiger partial charge on any atom is -0.392 e. The summed E-state index contributed by atoms with van der Waals surface area (Å²) in [5, 5.41) is 9.24. The summed E-state index contributed by atoms with van der Waals surface area (Å²) in [5.74, 6) is 1.01. The van der Waals surface area contributed by atoms with Gasteiger partial charge in [-0.15, -0.1) is 0 Å². The molecule has 0 saturated carbocycles. The number of aliphatic hydroxyl groups excluding tert-OH is 1. The van der Waals surface area contributed by atoms with Crippen LogP contribution in [-0.2, 0) is 6.61 Å². The first-order valence-electron chi connectivity index (χ1n) is 6.78. The average molecular weight is 249 g/mol. The Labute approximate surface area is 109 Å². The van der Waals surface area contributed by atoms with E-state index < -0.39 is 0 Å². The monoisotopic (exact) mass is 249 g/mol. The fourth-order valence-corrected chi connectivity index (χ4v) is 2.49. The van der Waals surface area contributed by atoms with Crippen molar-refractivity contribution in [1.82, 2.24) is 9.88 Å². The molecule has 0 bridgehead atoms. The molecule has 1 N–H and O–H groups in total. The van der Waals surface area contributed by atoms with E-state index in [-0.39, 0.29) is 6.61 Å². The van der Waals surface area contributed by atoms with Crippen molar-refractivity contribution in [3.63, 3.8) is 0 Å². The second-order valence-corrected chi connectivity index (χ2v) is 4.96. The molecule has 0 radical (unpaired) electrons. The van der Waals surface area contributed by atoms with E-state index >= 15 is 0 Å². The van der Waals surface area contributed by atoms with E-state index in [0.717, 1.165) is 43.3 Å². The van der Waals surface area contributed by atoms with Crippen LogP contribution in [0.25, 0.3) is 0 Å². The maximum absolute atomic E-state index is 9.24. The van der Waals surface area contributed by atoms with Crippen LogP contribution in [-0.4, -0.2) is 47.7 Å². The van der Waals surface area contributed by atoms with Crippen molar-refractivity contribution in [3.05, 3.63) is 23.4 Å². The molecule has 1 aromatic rings. The zero-order valence-electron chi connectivity index (χ0n) is 11.4. The Kier molecular flexibility index (Phi) is 4.55. The summed E-state index contributed by atoms with van der Waals surface area (Å²) < 4.78 is 0. The van der Waals surface area contributed by atoms with Crippen molar-refractivity contribution >= 4 is 5.82 Å². The zero-order valence-corrected chi connectivity index (χ0v) is 11.4. The molecular formula is C14H23N3O. The van der Waals surface area contributed by atoms with Gasteiger partial charge < -0.3 is 10.0 Å². The van der Waals surface area contributed by atoms with Gasteiger partial charge in [0.15, 0.2) is 0 Å². The first kappa shape index (κ1) is 13.3. The van der Waals surface area contributed by atoms with Gasteiger partial charge in [0.1, 0.15) is 5.82 Å². The van der Waals surface area contributed by atoms with Crippen molar-refractivity contribution < 1.29 is 5.11 Å². The Morgan fingerprint density at radius 3 is 2.56 bits per heavy atom. The normalized spacial score (nSPS) is 17.2. The molecule has 1 fully saturated rings.